The number of ether oxygens (including phenoxy) is 2. The first-order valence-electron chi connectivity index (χ1n) is 5.31. The van der Waals surface area contributed by atoms with Gasteiger partial charge >= 0.3 is 23.8 Å². The minimum Gasteiger partial charge on any atom is -0.391 e. The van der Waals surface area contributed by atoms with E-state index in [2.05, 4.69) is 9.98 Å². The predicted octanol–water partition coefficient (Wildman–Crippen LogP) is -1.22. The van der Waals surface area contributed by atoms with Crippen molar-refractivity contribution in [2.75, 3.05) is 0 Å². The first-order valence-corrected chi connectivity index (χ1v) is 5.31. The quantitative estimate of drug-likeness (QED) is 0.543. The summed E-state index contributed by atoms with van der Waals surface area (Å²) < 4.78 is 9.60. The normalized spacial score (nSPS) is 19.7. The van der Waals surface area contributed by atoms with Gasteiger partial charge in [0.25, 0.3) is 0 Å². The average molecular weight is 258 g/mol. The summed E-state index contributed by atoms with van der Waals surface area (Å²) in [5.41, 5.74) is 0. The average Bonchev–Trinajstić information content (AvgIpc) is 2.51. The number of benzene rings is 1. The lowest BCUT2D eigenvalue weighted by Crippen LogP contribution is -2.50. The van der Waals surface area contributed by atoms with Gasteiger partial charge in [0.2, 0.25) is 0 Å². The van der Waals surface area contributed by atoms with Crippen LogP contribution in [0.15, 0.2) is 46.4 Å². The fourth-order valence-corrected chi connectivity index (χ4v) is 1.67. The minimum atomic E-state index is -2.36. The topological polar surface area (TPSA) is 94.4 Å². The number of nitrogens with zero attached hydrogens (tertiary/aromatic N) is 2. The Balaban J connectivity index is 2.20. The van der Waals surface area contributed by atoms with E-state index in [-0.39, 0.29) is 0 Å². The van der Waals surface area contributed by atoms with Crippen LogP contribution in [-0.2, 0) is 23.9 Å². The molecule has 1 aromatic carbocycles. The molecular formula is C12H6N2O5. The van der Waals surface area contributed by atoms with Gasteiger partial charge in [-0.1, -0.05) is 12.1 Å². The van der Waals surface area contributed by atoms with E-state index in [1.807, 2.05) is 0 Å². The second kappa shape index (κ2) is 3.84. The first-order chi connectivity index (χ1) is 9.09. The van der Waals surface area contributed by atoms with E-state index in [9.17, 15) is 14.4 Å². The van der Waals surface area contributed by atoms with Crippen LogP contribution in [0.25, 0.3) is 0 Å². The first kappa shape index (κ1) is 11.3. The van der Waals surface area contributed by atoms with Crippen molar-refractivity contribution in [1.29, 1.82) is 0 Å². The van der Waals surface area contributed by atoms with Gasteiger partial charge in [-0.3, -0.25) is 4.79 Å². The zero-order valence-electron chi connectivity index (χ0n) is 9.40. The van der Waals surface area contributed by atoms with Gasteiger partial charge in [-0.2, -0.15) is 4.99 Å². The molecule has 2 aliphatic rings. The molecule has 0 aliphatic carbocycles. The number of hydrogen-bond acceptors (Lipinski definition) is 6. The highest BCUT2D eigenvalue weighted by Gasteiger charge is 2.49. The smallest absolute Gasteiger partial charge is 0.391 e. The van der Waals surface area contributed by atoms with Crippen LogP contribution in [-0.4, -0.2) is 23.8 Å². The number of rotatable bonds is 0. The van der Waals surface area contributed by atoms with Crippen molar-refractivity contribution < 1.29 is 23.9 Å². The van der Waals surface area contributed by atoms with Crippen LogP contribution in [0.2, 0.25) is 0 Å². The van der Waals surface area contributed by atoms with E-state index in [4.69, 9.17) is 9.47 Å². The molecule has 3 rings (SSSR count). The van der Waals surface area contributed by atoms with Crippen LogP contribution in [0.4, 0.5) is 0 Å². The van der Waals surface area contributed by atoms with E-state index >= 15 is 0 Å². The number of hydrogen-bond donors (Lipinski definition) is 0. The molecule has 7 heteroatoms. The summed E-state index contributed by atoms with van der Waals surface area (Å²) >= 11 is 0. The van der Waals surface area contributed by atoms with Gasteiger partial charge in [-0.25, -0.2) is 14.6 Å². The molecule has 1 amide bonds. The van der Waals surface area contributed by atoms with Crippen LogP contribution in [0.3, 0.4) is 0 Å². The van der Waals surface area contributed by atoms with Crippen molar-refractivity contribution in [2.45, 2.75) is 5.91 Å². The highest BCUT2D eigenvalue weighted by molar-refractivity contribution is 5.98. The molecule has 1 spiro atoms. The maximum absolute atomic E-state index is 11.9. The van der Waals surface area contributed by atoms with E-state index in [1.54, 1.807) is 24.3 Å². The van der Waals surface area contributed by atoms with Gasteiger partial charge < -0.3 is 9.47 Å². The molecule has 0 bridgehead atoms. The molecule has 7 nitrogen and oxygen atoms in total. The van der Waals surface area contributed by atoms with Crippen LogP contribution < -0.4 is 10.7 Å². The second-order valence-electron chi connectivity index (χ2n) is 3.77. The Morgan fingerprint density at radius 2 is 1.47 bits per heavy atom. The number of fused-ring (bicyclic) bond motifs is 1. The highest BCUT2D eigenvalue weighted by Crippen LogP contribution is 2.21. The second-order valence-corrected chi connectivity index (χ2v) is 3.77. The number of carbonyl (C=O) groups excluding carboxylic acids is 3. The number of esters is 2. The minimum absolute atomic E-state index is 0.296. The Morgan fingerprint density at radius 3 is 2.11 bits per heavy atom. The Morgan fingerprint density at radius 1 is 0.895 bits per heavy atom. The molecule has 19 heavy (non-hydrogen) atoms. The van der Waals surface area contributed by atoms with Gasteiger partial charge in [0.1, 0.15) is 0 Å². The number of amides is 1. The van der Waals surface area contributed by atoms with Crippen molar-refractivity contribution in [3.63, 3.8) is 0 Å². The standard InChI is InChI=1S/C12H6N2O5/c15-9-5-6-10(16)19-12(18-9)11(17)13-7-3-1-2-4-8(7)14-12/h1-6H. The van der Waals surface area contributed by atoms with Gasteiger partial charge in [-0.05, 0) is 12.1 Å². The van der Waals surface area contributed by atoms with Gasteiger partial charge in [0.05, 0.1) is 10.7 Å². The highest BCUT2D eigenvalue weighted by atomic mass is 16.8. The fourth-order valence-electron chi connectivity index (χ4n) is 1.67. The largest absolute Gasteiger partial charge is 0.448 e. The summed E-state index contributed by atoms with van der Waals surface area (Å²) in [6.45, 7) is 0. The third kappa shape index (κ3) is 1.81. The van der Waals surface area contributed by atoms with Crippen molar-refractivity contribution in [3.05, 3.63) is 47.1 Å². The fraction of sp³-hybridized carbons (Fsp3) is 0.0833. The molecule has 2 aliphatic heterocycles. The van der Waals surface area contributed by atoms with E-state index < -0.39 is 23.8 Å². The lowest BCUT2D eigenvalue weighted by atomic mass is 10.3. The van der Waals surface area contributed by atoms with Crippen molar-refractivity contribution in [1.82, 2.24) is 0 Å². The van der Waals surface area contributed by atoms with Gasteiger partial charge in [-0.15, -0.1) is 0 Å². The lowest BCUT2D eigenvalue weighted by Gasteiger charge is -2.24. The molecule has 0 radical (unpaired) electrons. The summed E-state index contributed by atoms with van der Waals surface area (Å²) in [6, 6.07) is 6.48. The summed E-state index contributed by atoms with van der Waals surface area (Å²) in [5.74, 6) is -5.13. The monoisotopic (exact) mass is 258 g/mol. The molecule has 94 valence electrons. The van der Waals surface area contributed by atoms with Crippen molar-refractivity contribution in [3.8, 4) is 0 Å². The molecule has 0 saturated heterocycles. The Labute approximate surface area is 105 Å². The molecule has 0 fully saturated rings. The SMILES string of the molecule is O=C1C=CC(=O)OC2(N=c3ccccc3=NC2=O)O1. The molecule has 2 heterocycles. The molecule has 1 aromatic rings. The van der Waals surface area contributed by atoms with Crippen LogP contribution in [0.1, 0.15) is 0 Å². The van der Waals surface area contributed by atoms with Crippen LogP contribution >= 0.6 is 0 Å². The molecule has 0 saturated carbocycles. The maximum Gasteiger partial charge on any atom is 0.448 e. The van der Waals surface area contributed by atoms with E-state index in [0.717, 1.165) is 12.2 Å². The summed E-state index contributed by atoms with van der Waals surface area (Å²) in [7, 11) is 0. The predicted molar refractivity (Wildman–Crippen MR) is 57.8 cm³/mol. The lowest BCUT2D eigenvalue weighted by molar-refractivity contribution is -0.217. The third-order valence-corrected chi connectivity index (χ3v) is 2.47. The van der Waals surface area contributed by atoms with Crippen LogP contribution in [0, 0.1) is 0 Å². The Kier molecular flexibility index (Phi) is 2.28. The maximum atomic E-state index is 11.9. The molecular weight excluding hydrogens is 252 g/mol. The van der Waals surface area contributed by atoms with E-state index in [1.165, 1.54) is 0 Å². The Bertz CT molecular complexity index is 730. The Hall–Kier alpha value is -2.83. The number of para-hydroxylation sites is 2. The summed E-state index contributed by atoms with van der Waals surface area (Å²) in [6.07, 6.45) is 1.72. The van der Waals surface area contributed by atoms with Gasteiger partial charge in [0, 0.05) is 12.2 Å². The summed E-state index contributed by atoms with van der Waals surface area (Å²) in [4.78, 5) is 42.3. The molecule has 0 N–H and O–H groups in total. The molecule has 0 unspecified atom stereocenters. The zero-order chi connectivity index (χ0) is 13.5. The molecule has 0 atom stereocenters. The van der Waals surface area contributed by atoms with Crippen molar-refractivity contribution >= 4 is 17.8 Å². The summed E-state index contributed by atoms with van der Waals surface area (Å²) in [5, 5.41) is 0.618. The van der Waals surface area contributed by atoms with Crippen LogP contribution in [0.5, 0.6) is 0 Å². The van der Waals surface area contributed by atoms with Gasteiger partial charge in [0.15, 0.2) is 0 Å². The van der Waals surface area contributed by atoms with E-state index in [0.29, 0.717) is 10.7 Å². The number of carbonyl (C=O) groups is 3. The molecule has 0 aromatic heterocycles. The third-order valence-electron chi connectivity index (χ3n) is 2.47. The zero-order valence-corrected chi connectivity index (χ0v) is 9.40. The van der Waals surface area contributed by atoms with Crippen molar-refractivity contribution in [2.24, 2.45) is 9.98 Å².